The zero-order valence-electron chi connectivity index (χ0n) is 10.0. The molecule has 0 spiro atoms. The van der Waals surface area contributed by atoms with Gasteiger partial charge in [-0.05, 0) is 19.9 Å². The first kappa shape index (κ1) is 12.2. The second kappa shape index (κ2) is 5.91. The summed E-state index contributed by atoms with van der Waals surface area (Å²) in [5.41, 5.74) is 2.03. The summed E-state index contributed by atoms with van der Waals surface area (Å²) in [7, 11) is 1.72. The average Bonchev–Trinajstić information content (AvgIpc) is 2.58. The summed E-state index contributed by atoms with van der Waals surface area (Å²) in [6.45, 7) is 7.75. The van der Waals surface area contributed by atoms with Gasteiger partial charge in [-0.15, -0.1) is 0 Å². The minimum atomic E-state index is 0.749. The smallest absolute Gasteiger partial charge is 0.153 e. The number of aliphatic imine (C=N–C) groups is 1. The molecule has 0 bridgehead atoms. The van der Waals surface area contributed by atoms with Gasteiger partial charge >= 0.3 is 0 Å². The van der Waals surface area contributed by atoms with E-state index in [1.807, 2.05) is 38.2 Å². The minimum Gasteiger partial charge on any atom is -0.454 e. The number of hydrogen-bond donors (Lipinski definition) is 0. The average molecular weight is 215 g/mol. The Morgan fingerprint density at radius 1 is 1.06 bits per heavy atom. The van der Waals surface area contributed by atoms with Crippen LogP contribution in [0.5, 0.6) is 0 Å². The summed E-state index contributed by atoms with van der Waals surface area (Å²) < 4.78 is 5.71. The van der Waals surface area contributed by atoms with Crippen LogP contribution in [0.1, 0.15) is 36.5 Å². The van der Waals surface area contributed by atoms with E-state index >= 15 is 0 Å². The molecule has 0 saturated carbocycles. The molecule has 0 fully saturated rings. The van der Waals surface area contributed by atoms with Gasteiger partial charge in [0.15, 0.2) is 5.76 Å². The third-order valence-corrected chi connectivity index (χ3v) is 2.14. The van der Waals surface area contributed by atoms with Crippen LogP contribution in [-0.2, 0) is 0 Å². The molecule has 0 aliphatic heterocycles. The fourth-order valence-electron chi connectivity index (χ4n) is 1.53. The lowest BCUT2D eigenvalue weighted by Gasteiger charge is -1.92. The number of hydrogen-bond acceptors (Lipinski definition) is 2. The topological polar surface area (TPSA) is 25.5 Å². The van der Waals surface area contributed by atoms with Gasteiger partial charge in [0.2, 0.25) is 0 Å². The van der Waals surface area contributed by atoms with Crippen molar-refractivity contribution in [2.75, 3.05) is 7.05 Å². The Kier molecular flexibility index (Phi) is 4.52. The molecule has 1 aromatic rings. The highest BCUT2D eigenvalue weighted by molar-refractivity contribution is 5.87. The predicted molar refractivity (Wildman–Crippen MR) is 71.7 cm³/mol. The van der Waals surface area contributed by atoms with Crippen LogP contribution in [0.25, 0.3) is 18.2 Å². The number of rotatable bonds is 4. The largest absolute Gasteiger partial charge is 0.454 e. The van der Waals surface area contributed by atoms with Crippen molar-refractivity contribution < 1.29 is 4.42 Å². The molecule has 1 heterocycles. The number of furan rings is 1. The van der Waals surface area contributed by atoms with Gasteiger partial charge in [0.05, 0.1) is 6.21 Å². The molecular weight excluding hydrogens is 198 g/mol. The quantitative estimate of drug-likeness (QED) is 0.696. The Morgan fingerprint density at radius 2 is 1.75 bits per heavy atom. The molecule has 16 heavy (non-hydrogen) atoms. The first-order chi connectivity index (χ1) is 7.78. The Bertz CT molecular complexity index is 448. The lowest BCUT2D eigenvalue weighted by molar-refractivity contribution is 0.549. The van der Waals surface area contributed by atoms with Crippen LogP contribution in [0.2, 0.25) is 0 Å². The van der Waals surface area contributed by atoms with Crippen molar-refractivity contribution in [3.8, 4) is 0 Å². The van der Waals surface area contributed by atoms with Crippen molar-refractivity contribution in [2.45, 2.75) is 13.8 Å². The van der Waals surface area contributed by atoms with E-state index in [1.165, 1.54) is 0 Å². The van der Waals surface area contributed by atoms with E-state index in [2.05, 4.69) is 11.6 Å². The Hall–Kier alpha value is -1.83. The van der Waals surface area contributed by atoms with E-state index in [1.54, 1.807) is 19.3 Å². The van der Waals surface area contributed by atoms with Crippen molar-refractivity contribution in [1.82, 2.24) is 0 Å². The second-order valence-corrected chi connectivity index (χ2v) is 3.25. The molecule has 1 rings (SSSR count). The van der Waals surface area contributed by atoms with Gasteiger partial charge in [-0.3, -0.25) is 4.99 Å². The van der Waals surface area contributed by atoms with Gasteiger partial charge in [0.25, 0.3) is 0 Å². The lowest BCUT2D eigenvalue weighted by Crippen LogP contribution is -1.81. The van der Waals surface area contributed by atoms with E-state index in [4.69, 9.17) is 4.42 Å². The molecule has 0 aliphatic carbocycles. The zero-order chi connectivity index (χ0) is 12.0. The predicted octanol–water partition coefficient (Wildman–Crippen LogP) is 4.04. The molecule has 0 atom stereocenters. The maximum Gasteiger partial charge on any atom is 0.153 e. The molecule has 0 radical (unpaired) electrons. The highest BCUT2D eigenvalue weighted by Crippen LogP contribution is 2.25. The Balaban J connectivity index is 3.44. The van der Waals surface area contributed by atoms with Crippen molar-refractivity contribution >= 4 is 24.4 Å². The highest BCUT2D eigenvalue weighted by Gasteiger charge is 2.12. The van der Waals surface area contributed by atoms with E-state index in [0.29, 0.717) is 0 Å². The summed E-state index contributed by atoms with van der Waals surface area (Å²) >= 11 is 0. The zero-order valence-corrected chi connectivity index (χ0v) is 10.0. The van der Waals surface area contributed by atoms with Crippen LogP contribution >= 0.6 is 0 Å². The van der Waals surface area contributed by atoms with Crippen LogP contribution < -0.4 is 0 Å². The van der Waals surface area contributed by atoms with E-state index in [0.717, 1.165) is 22.6 Å². The maximum atomic E-state index is 5.71. The van der Waals surface area contributed by atoms with Crippen LogP contribution in [0.15, 0.2) is 28.1 Å². The fourth-order valence-corrected chi connectivity index (χ4v) is 1.53. The maximum absolute atomic E-state index is 5.71. The third-order valence-electron chi connectivity index (χ3n) is 2.14. The van der Waals surface area contributed by atoms with Crippen molar-refractivity contribution in [3.05, 3.63) is 41.4 Å². The standard InChI is InChI=1S/C14H17NO/c1-5-8-12-11(7-3)14(10-15-4)16-13(12)9-6-2/h5-10H,3H2,1-2,4H3/b8-5-,9-6-,15-10-. The second-order valence-electron chi connectivity index (χ2n) is 3.25. The fraction of sp³-hybridized carbons (Fsp3) is 0.214. The van der Waals surface area contributed by atoms with E-state index < -0.39 is 0 Å². The van der Waals surface area contributed by atoms with E-state index in [-0.39, 0.29) is 0 Å². The minimum absolute atomic E-state index is 0.749. The van der Waals surface area contributed by atoms with Gasteiger partial charge < -0.3 is 4.42 Å². The molecular formula is C14H17NO. The van der Waals surface area contributed by atoms with E-state index in [9.17, 15) is 0 Å². The van der Waals surface area contributed by atoms with Crippen LogP contribution in [-0.4, -0.2) is 13.3 Å². The number of allylic oxidation sites excluding steroid dienone is 2. The van der Waals surface area contributed by atoms with Crippen molar-refractivity contribution in [3.63, 3.8) is 0 Å². The van der Waals surface area contributed by atoms with Gasteiger partial charge in [0.1, 0.15) is 5.76 Å². The van der Waals surface area contributed by atoms with Crippen LogP contribution in [0.4, 0.5) is 0 Å². The van der Waals surface area contributed by atoms with Crippen molar-refractivity contribution in [1.29, 1.82) is 0 Å². The third kappa shape index (κ3) is 2.40. The van der Waals surface area contributed by atoms with Gasteiger partial charge in [-0.1, -0.05) is 30.9 Å². The molecule has 0 aromatic carbocycles. The molecule has 0 amide bonds. The van der Waals surface area contributed by atoms with Crippen molar-refractivity contribution in [2.24, 2.45) is 4.99 Å². The Morgan fingerprint density at radius 3 is 2.25 bits per heavy atom. The summed E-state index contributed by atoms with van der Waals surface area (Å²) in [6.07, 6.45) is 11.4. The van der Waals surface area contributed by atoms with Gasteiger partial charge in [-0.25, -0.2) is 0 Å². The highest BCUT2D eigenvalue weighted by atomic mass is 16.3. The number of nitrogens with zero attached hydrogens (tertiary/aromatic N) is 1. The molecule has 84 valence electrons. The summed E-state index contributed by atoms with van der Waals surface area (Å²) in [5.74, 6) is 1.59. The Labute approximate surface area is 96.7 Å². The monoisotopic (exact) mass is 215 g/mol. The molecule has 0 N–H and O–H groups in total. The van der Waals surface area contributed by atoms with Gasteiger partial charge in [0, 0.05) is 18.2 Å². The van der Waals surface area contributed by atoms with Crippen LogP contribution in [0, 0.1) is 0 Å². The SMILES string of the molecule is C=Cc1c(/C=N\C)oc(/C=C\C)c1/C=C\C. The molecule has 2 nitrogen and oxygen atoms in total. The first-order valence-electron chi connectivity index (χ1n) is 5.25. The lowest BCUT2D eigenvalue weighted by atomic mass is 10.1. The molecule has 2 heteroatoms. The summed E-state index contributed by atoms with van der Waals surface area (Å²) in [5, 5.41) is 0. The molecule has 1 aromatic heterocycles. The normalized spacial score (nSPS) is 12.2. The molecule has 0 unspecified atom stereocenters. The van der Waals surface area contributed by atoms with Crippen LogP contribution in [0.3, 0.4) is 0 Å². The molecule has 0 saturated heterocycles. The molecule has 0 aliphatic rings. The summed E-state index contributed by atoms with van der Waals surface area (Å²) in [6, 6.07) is 0. The summed E-state index contributed by atoms with van der Waals surface area (Å²) in [4.78, 5) is 3.97. The van der Waals surface area contributed by atoms with Gasteiger partial charge in [-0.2, -0.15) is 0 Å². The first-order valence-corrected chi connectivity index (χ1v) is 5.25.